The number of imide groups is 1. The van der Waals surface area contributed by atoms with Gasteiger partial charge in [-0.1, -0.05) is 54.1 Å². The predicted molar refractivity (Wildman–Crippen MR) is 124 cm³/mol. The summed E-state index contributed by atoms with van der Waals surface area (Å²) in [5.41, 5.74) is 2.14. The van der Waals surface area contributed by atoms with E-state index in [1.165, 1.54) is 4.90 Å². The van der Waals surface area contributed by atoms with Gasteiger partial charge in [-0.05, 0) is 53.7 Å². The monoisotopic (exact) mass is 451 g/mol. The van der Waals surface area contributed by atoms with Gasteiger partial charge in [-0.2, -0.15) is 0 Å². The summed E-state index contributed by atoms with van der Waals surface area (Å²) in [5, 5.41) is 0.307. The highest BCUT2D eigenvalue weighted by Crippen LogP contribution is 2.37. The Morgan fingerprint density at radius 1 is 0.968 bits per heavy atom. The molecule has 2 amide bonds. The zero-order valence-electron chi connectivity index (χ0n) is 16.6. The van der Waals surface area contributed by atoms with Gasteiger partial charge in [-0.25, -0.2) is 4.90 Å². The van der Waals surface area contributed by atoms with Gasteiger partial charge in [0.25, 0.3) is 11.1 Å². The maximum atomic E-state index is 12.8. The van der Waals surface area contributed by atoms with Gasteiger partial charge in [0.2, 0.25) is 0 Å². The molecular weight excluding hydrogens is 434 g/mol. The van der Waals surface area contributed by atoms with Crippen molar-refractivity contribution in [3.63, 3.8) is 0 Å². The highest BCUT2D eigenvalue weighted by Gasteiger charge is 2.36. The minimum absolute atomic E-state index is 0.297. The second-order valence-electron chi connectivity index (χ2n) is 6.64. The van der Waals surface area contributed by atoms with Crippen molar-refractivity contribution in [3.8, 4) is 11.5 Å². The number of benzene rings is 3. The molecular formula is C24H18ClNO4S. The summed E-state index contributed by atoms with van der Waals surface area (Å²) < 4.78 is 11.3. The van der Waals surface area contributed by atoms with E-state index in [-0.39, 0.29) is 11.1 Å². The van der Waals surface area contributed by atoms with Gasteiger partial charge in [0.1, 0.15) is 6.61 Å². The SMILES string of the molecule is COc1cc(C=C2SC(=O)N(c3ccccc3)C2=O)ccc1OCc1ccccc1Cl. The minimum Gasteiger partial charge on any atom is -0.493 e. The number of ether oxygens (including phenoxy) is 2. The van der Waals surface area contributed by atoms with Crippen LogP contribution >= 0.6 is 23.4 Å². The molecule has 1 saturated heterocycles. The number of hydrogen-bond donors (Lipinski definition) is 0. The molecule has 0 radical (unpaired) electrons. The van der Waals surface area contributed by atoms with Crippen LogP contribution in [0.2, 0.25) is 5.02 Å². The number of carbonyl (C=O) groups is 2. The van der Waals surface area contributed by atoms with Gasteiger partial charge in [0, 0.05) is 10.6 Å². The van der Waals surface area contributed by atoms with Crippen LogP contribution in [0.4, 0.5) is 10.5 Å². The van der Waals surface area contributed by atoms with E-state index in [1.54, 1.807) is 55.7 Å². The summed E-state index contributed by atoms with van der Waals surface area (Å²) in [7, 11) is 1.55. The molecule has 0 spiro atoms. The first-order valence-corrected chi connectivity index (χ1v) is 10.6. The van der Waals surface area contributed by atoms with Gasteiger partial charge in [-0.3, -0.25) is 9.59 Å². The van der Waals surface area contributed by atoms with Crippen LogP contribution in [0.15, 0.2) is 77.7 Å². The van der Waals surface area contributed by atoms with Crippen LogP contribution in [0.1, 0.15) is 11.1 Å². The van der Waals surface area contributed by atoms with Crippen LogP contribution in [0.25, 0.3) is 6.08 Å². The van der Waals surface area contributed by atoms with Gasteiger partial charge in [-0.15, -0.1) is 0 Å². The summed E-state index contributed by atoms with van der Waals surface area (Å²) in [5.74, 6) is 0.722. The van der Waals surface area contributed by atoms with Gasteiger partial charge in [0.15, 0.2) is 11.5 Å². The number of para-hydroxylation sites is 1. The Morgan fingerprint density at radius 3 is 2.45 bits per heavy atom. The number of hydrogen-bond acceptors (Lipinski definition) is 5. The highest BCUT2D eigenvalue weighted by molar-refractivity contribution is 8.19. The molecule has 0 unspecified atom stereocenters. The Hall–Kier alpha value is -3.22. The van der Waals surface area contributed by atoms with Crippen molar-refractivity contribution in [2.75, 3.05) is 12.0 Å². The lowest BCUT2D eigenvalue weighted by atomic mass is 10.1. The number of methoxy groups -OCH3 is 1. The lowest BCUT2D eigenvalue weighted by Crippen LogP contribution is -2.27. The summed E-state index contributed by atoms with van der Waals surface area (Å²) >= 11 is 7.09. The van der Waals surface area contributed by atoms with E-state index in [4.69, 9.17) is 21.1 Å². The highest BCUT2D eigenvalue weighted by atomic mass is 35.5. The Kier molecular flexibility index (Phi) is 6.30. The first-order chi connectivity index (χ1) is 15.1. The number of amides is 2. The minimum atomic E-state index is -0.348. The van der Waals surface area contributed by atoms with Crippen LogP contribution < -0.4 is 14.4 Å². The molecule has 1 aliphatic rings. The third-order valence-electron chi connectivity index (χ3n) is 4.63. The fourth-order valence-electron chi connectivity index (χ4n) is 3.08. The lowest BCUT2D eigenvalue weighted by molar-refractivity contribution is -0.113. The first-order valence-electron chi connectivity index (χ1n) is 9.44. The molecule has 7 heteroatoms. The Balaban J connectivity index is 1.54. The van der Waals surface area contributed by atoms with Crippen molar-refractivity contribution < 1.29 is 19.1 Å². The third-order valence-corrected chi connectivity index (χ3v) is 5.87. The van der Waals surface area contributed by atoms with E-state index in [9.17, 15) is 9.59 Å². The molecule has 3 aromatic rings. The van der Waals surface area contributed by atoms with Crippen molar-refractivity contribution in [3.05, 3.63) is 93.9 Å². The second-order valence-corrected chi connectivity index (χ2v) is 8.04. The number of thioether (sulfide) groups is 1. The van der Waals surface area contributed by atoms with Gasteiger partial charge < -0.3 is 9.47 Å². The molecule has 1 aliphatic heterocycles. The van der Waals surface area contributed by atoms with Crippen molar-refractivity contribution in [1.82, 2.24) is 0 Å². The molecule has 4 rings (SSSR count). The fraction of sp³-hybridized carbons (Fsp3) is 0.0833. The molecule has 0 bridgehead atoms. The average Bonchev–Trinajstić information content (AvgIpc) is 3.07. The largest absolute Gasteiger partial charge is 0.493 e. The van der Waals surface area contributed by atoms with E-state index in [1.807, 2.05) is 30.3 Å². The molecule has 0 aromatic heterocycles. The van der Waals surface area contributed by atoms with E-state index in [0.29, 0.717) is 33.7 Å². The topological polar surface area (TPSA) is 55.8 Å². The summed E-state index contributed by atoms with van der Waals surface area (Å²) in [4.78, 5) is 26.7. The Morgan fingerprint density at radius 2 is 1.71 bits per heavy atom. The standard InChI is InChI=1S/C24H18ClNO4S/c1-29-21-13-16(11-12-20(21)30-15-17-7-5-6-10-19(17)25)14-22-23(27)26(24(28)31-22)18-8-3-2-4-9-18/h2-14H,15H2,1H3. The molecule has 0 atom stereocenters. The fourth-order valence-corrected chi connectivity index (χ4v) is 4.11. The third kappa shape index (κ3) is 4.60. The zero-order chi connectivity index (χ0) is 21.8. The van der Waals surface area contributed by atoms with E-state index in [2.05, 4.69) is 0 Å². The van der Waals surface area contributed by atoms with Gasteiger partial charge in [0.05, 0.1) is 17.7 Å². The van der Waals surface area contributed by atoms with Crippen molar-refractivity contribution in [2.45, 2.75) is 6.61 Å². The van der Waals surface area contributed by atoms with Crippen molar-refractivity contribution in [1.29, 1.82) is 0 Å². The number of nitrogens with zero attached hydrogens (tertiary/aromatic N) is 1. The summed E-state index contributed by atoms with van der Waals surface area (Å²) in [6.07, 6.45) is 1.67. The maximum Gasteiger partial charge on any atom is 0.298 e. The van der Waals surface area contributed by atoms with Gasteiger partial charge >= 0.3 is 0 Å². The van der Waals surface area contributed by atoms with E-state index in [0.717, 1.165) is 22.9 Å². The molecule has 0 N–H and O–H groups in total. The van der Waals surface area contributed by atoms with Crippen LogP contribution in [0.3, 0.4) is 0 Å². The van der Waals surface area contributed by atoms with Crippen LogP contribution in [0.5, 0.6) is 11.5 Å². The molecule has 1 heterocycles. The van der Waals surface area contributed by atoms with E-state index < -0.39 is 0 Å². The van der Waals surface area contributed by atoms with Crippen LogP contribution in [0, 0.1) is 0 Å². The summed E-state index contributed by atoms with van der Waals surface area (Å²) in [6.45, 7) is 0.297. The van der Waals surface area contributed by atoms with Crippen LogP contribution in [-0.4, -0.2) is 18.3 Å². The molecule has 3 aromatic carbocycles. The number of carbonyl (C=O) groups excluding carboxylic acids is 2. The maximum absolute atomic E-state index is 12.8. The smallest absolute Gasteiger partial charge is 0.298 e. The second kappa shape index (κ2) is 9.29. The molecule has 0 saturated carbocycles. The molecule has 1 fully saturated rings. The molecule has 0 aliphatic carbocycles. The quantitative estimate of drug-likeness (QED) is 0.419. The molecule has 31 heavy (non-hydrogen) atoms. The summed E-state index contributed by atoms with van der Waals surface area (Å²) in [6, 6.07) is 21.7. The Labute approximate surface area is 189 Å². The predicted octanol–water partition coefficient (Wildman–Crippen LogP) is 6.17. The number of rotatable bonds is 6. The average molecular weight is 452 g/mol. The normalized spacial score (nSPS) is 14.9. The number of halogens is 1. The zero-order valence-corrected chi connectivity index (χ0v) is 18.2. The van der Waals surface area contributed by atoms with Crippen molar-refractivity contribution in [2.24, 2.45) is 0 Å². The Bertz CT molecular complexity index is 1160. The molecule has 5 nitrogen and oxygen atoms in total. The molecule has 156 valence electrons. The van der Waals surface area contributed by atoms with E-state index >= 15 is 0 Å². The number of anilines is 1. The van der Waals surface area contributed by atoms with Crippen LogP contribution in [-0.2, 0) is 11.4 Å². The lowest BCUT2D eigenvalue weighted by Gasteiger charge is -2.12. The van der Waals surface area contributed by atoms with Crippen molar-refractivity contribution >= 4 is 46.3 Å². The first kappa shape index (κ1) is 21.0.